The lowest BCUT2D eigenvalue weighted by atomic mass is 9.92. The summed E-state index contributed by atoms with van der Waals surface area (Å²) in [7, 11) is 0. The van der Waals surface area contributed by atoms with Gasteiger partial charge in [0.15, 0.2) is 5.78 Å². The average molecular weight is 378 g/mol. The molecular weight excluding hydrogens is 360 g/mol. The van der Waals surface area contributed by atoms with E-state index in [0.717, 1.165) is 39.1 Å². The quantitative estimate of drug-likeness (QED) is 0.399. The third-order valence-electron chi connectivity index (χ3n) is 4.90. The molecule has 0 fully saturated rings. The van der Waals surface area contributed by atoms with Gasteiger partial charge in [-0.25, -0.2) is 0 Å². The molecule has 0 spiro atoms. The predicted molar refractivity (Wildman–Crippen MR) is 114 cm³/mol. The van der Waals surface area contributed by atoms with Crippen molar-refractivity contribution in [2.45, 2.75) is 6.42 Å². The zero-order valence-corrected chi connectivity index (χ0v) is 15.7. The van der Waals surface area contributed by atoms with E-state index in [-0.39, 0.29) is 12.2 Å². The van der Waals surface area contributed by atoms with Crippen LogP contribution in [-0.2, 0) is 0 Å². The second-order valence-electron chi connectivity index (χ2n) is 6.99. The van der Waals surface area contributed by atoms with Crippen LogP contribution in [0.1, 0.15) is 22.3 Å². The van der Waals surface area contributed by atoms with Gasteiger partial charge in [0.2, 0.25) is 0 Å². The monoisotopic (exact) mass is 378 g/mol. The van der Waals surface area contributed by atoms with Gasteiger partial charge in [0, 0.05) is 5.56 Å². The van der Waals surface area contributed by atoms with Crippen LogP contribution < -0.4 is 9.47 Å². The van der Waals surface area contributed by atoms with Crippen LogP contribution >= 0.6 is 0 Å². The van der Waals surface area contributed by atoms with E-state index in [4.69, 9.17) is 9.47 Å². The summed E-state index contributed by atoms with van der Waals surface area (Å²) in [6.45, 7) is 0. The Bertz CT molecular complexity index is 1230. The van der Waals surface area contributed by atoms with Crippen LogP contribution in [0.25, 0.3) is 16.8 Å². The Kier molecular flexibility index (Phi) is 4.34. The molecule has 0 bridgehead atoms. The summed E-state index contributed by atoms with van der Waals surface area (Å²) >= 11 is 0. The van der Waals surface area contributed by atoms with Crippen LogP contribution in [-0.4, -0.2) is 5.78 Å². The van der Waals surface area contributed by atoms with Gasteiger partial charge in [0.25, 0.3) is 0 Å². The molecule has 1 aliphatic rings. The van der Waals surface area contributed by atoms with Crippen molar-refractivity contribution in [3.8, 4) is 17.2 Å². The number of para-hydroxylation sites is 2. The smallest absolute Gasteiger partial charge is 0.171 e. The first-order valence-electron chi connectivity index (χ1n) is 9.52. The molecule has 0 saturated heterocycles. The van der Waals surface area contributed by atoms with Gasteiger partial charge < -0.3 is 9.47 Å². The van der Waals surface area contributed by atoms with Gasteiger partial charge in [-0.15, -0.1) is 0 Å². The first-order valence-corrected chi connectivity index (χ1v) is 9.52. The number of hydrogen-bond acceptors (Lipinski definition) is 3. The van der Waals surface area contributed by atoms with Gasteiger partial charge in [0.1, 0.15) is 23.0 Å². The van der Waals surface area contributed by atoms with Gasteiger partial charge in [-0.1, -0.05) is 42.5 Å². The molecule has 4 aromatic carbocycles. The summed E-state index contributed by atoms with van der Waals surface area (Å²) in [5.41, 5.74) is 1.60. The molecule has 3 nitrogen and oxygen atoms in total. The third-order valence-corrected chi connectivity index (χ3v) is 4.90. The van der Waals surface area contributed by atoms with E-state index in [0.29, 0.717) is 5.76 Å². The predicted octanol–water partition coefficient (Wildman–Crippen LogP) is 6.64. The second kappa shape index (κ2) is 7.28. The van der Waals surface area contributed by atoms with Crippen LogP contribution in [0.2, 0.25) is 0 Å². The Morgan fingerprint density at radius 3 is 2.03 bits per heavy atom. The zero-order valence-electron chi connectivity index (χ0n) is 15.7. The van der Waals surface area contributed by atoms with Gasteiger partial charge in [-0.05, 0) is 70.9 Å². The first-order chi connectivity index (χ1) is 14.2. The lowest BCUT2D eigenvalue weighted by Crippen LogP contribution is -2.11. The molecule has 0 radical (unpaired) electrons. The molecule has 0 atom stereocenters. The Morgan fingerprint density at radius 2 is 1.31 bits per heavy atom. The lowest BCUT2D eigenvalue weighted by molar-refractivity contribution is 0.0980. The van der Waals surface area contributed by atoms with E-state index in [9.17, 15) is 4.79 Å². The van der Waals surface area contributed by atoms with E-state index in [1.54, 1.807) is 0 Å². The van der Waals surface area contributed by atoms with Crippen molar-refractivity contribution in [2.24, 2.45) is 0 Å². The highest BCUT2D eigenvalue weighted by Crippen LogP contribution is 2.32. The van der Waals surface area contributed by atoms with E-state index >= 15 is 0 Å². The zero-order chi connectivity index (χ0) is 19.6. The van der Waals surface area contributed by atoms with Gasteiger partial charge in [-0.3, -0.25) is 4.79 Å². The molecule has 3 heteroatoms. The van der Waals surface area contributed by atoms with Crippen LogP contribution in [0, 0.1) is 0 Å². The van der Waals surface area contributed by atoms with E-state index in [1.165, 1.54) is 0 Å². The summed E-state index contributed by atoms with van der Waals surface area (Å²) in [5, 5.41) is 2.03. The largest absolute Gasteiger partial charge is 0.461 e. The van der Waals surface area contributed by atoms with E-state index in [2.05, 4.69) is 0 Å². The maximum Gasteiger partial charge on any atom is 0.171 e. The maximum absolute atomic E-state index is 12.7. The van der Waals surface area contributed by atoms with Crippen molar-refractivity contribution in [1.29, 1.82) is 0 Å². The van der Waals surface area contributed by atoms with Crippen molar-refractivity contribution >= 4 is 22.6 Å². The summed E-state index contributed by atoms with van der Waals surface area (Å²) in [4.78, 5) is 12.7. The van der Waals surface area contributed by atoms with Crippen molar-refractivity contribution < 1.29 is 14.3 Å². The highest BCUT2D eigenvalue weighted by atomic mass is 16.5. The molecule has 0 N–H and O–H groups in total. The topological polar surface area (TPSA) is 35.5 Å². The fourth-order valence-corrected chi connectivity index (χ4v) is 3.53. The number of benzene rings is 4. The molecule has 0 aliphatic heterocycles. The van der Waals surface area contributed by atoms with Crippen molar-refractivity contribution in [1.82, 2.24) is 0 Å². The number of hydrogen-bond donors (Lipinski definition) is 0. The molecule has 29 heavy (non-hydrogen) atoms. The Hall–Kier alpha value is -3.85. The molecule has 5 rings (SSSR count). The van der Waals surface area contributed by atoms with Gasteiger partial charge in [0.05, 0.1) is 6.42 Å². The minimum atomic E-state index is 0.0694. The average Bonchev–Trinajstić information content (AvgIpc) is 2.74. The molecule has 0 heterocycles. The summed E-state index contributed by atoms with van der Waals surface area (Å²) in [5.74, 6) is 3.01. The standard InChI is InChI=1S/C26H18O3/c27-26-17-24(29-22-9-5-2-6-10-22)15-20-13-19-14-23(12-11-18(19)16-25(20)26)28-21-7-3-1-4-8-21/h1-16H,17H2. The normalized spacial score (nSPS) is 13.0. The van der Waals surface area contributed by atoms with Gasteiger partial charge >= 0.3 is 0 Å². The molecule has 0 amide bonds. The van der Waals surface area contributed by atoms with Crippen LogP contribution in [0.5, 0.6) is 17.2 Å². The molecule has 1 aliphatic carbocycles. The first kappa shape index (κ1) is 17.3. The van der Waals surface area contributed by atoms with E-state index < -0.39 is 0 Å². The molecule has 140 valence electrons. The van der Waals surface area contributed by atoms with Crippen LogP contribution in [0.3, 0.4) is 0 Å². The number of ketones is 1. The summed E-state index contributed by atoms with van der Waals surface area (Å²) < 4.78 is 11.9. The number of ether oxygens (including phenoxy) is 2. The third kappa shape index (κ3) is 3.63. The summed E-state index contributed by atoms with van der Waals surface area (Å²) in [6.07, 6.45) is 2.22. The minimum Gasteiger partial charge on any atom is -0.461 e. The van der Waals surface area contributed by atoms with Crippen molar-refractivity contribution in [3.63, 3.8) is 0 Å². The number of fused-ring (bicyclic) bond motifs is 2. The number of Topliss-reactive ketones (excluding diaryl/α,β-unsaturated/α-hetero) is 1. The second-order valence-corrected chi connectivity index (χ2v) is 6.99. The number of rotatable bonds is 4. The van der Waals surface area contributed by atoms with E-state index in [1.807, 2.05) is 97.1 Å². The van der Waals surface area contributed by atoms with Crippen molar-refractivity contribution in [3.05, 3.63) is 108 Å². The maximum atomic E-state index is 12.7. The highest BCUT2D eigenvalue weighted by Gasteiger charge is 2.20. The molecule has 0 saturated carbocycles. The Balaban J connectivity index is 1.50. The Morgan fingerprint density at radius 1 is 0.621 bits per heavy atom. The fraction of sp³-hybridized carbons (Fsp3) is 0.0385. The SMILES string of the molecule is O=C1CC(Oc2ccccc2)=Cc2cc3cc(Oc4ccccc4)ccc3cc21. The molecular formula is C26H18O3. The number of carbonyl (C=O) groups excluding carboxylic acids is 1. The minimum absolute atomic E-state index is 0.0694. The van der Waals surface area contributed by atoms with Gasteiger partial charge in [-0.2, -0.15) is 0 Å². The Labute approximate surface area is 168 Å². The number of carbonyl (C=O) groups is 1. The highest BCUT2D eigenvalue weighted by molar-refractivity contribution is 6.07. The fourth-order valence-electron chi connectivity index (χ4n) is 3.53. The molecule has 4 aromatic rings. The molecule has 0 aromatic heterocycles. The molecule has 0 unspecified atom stereocenters. The number of allylic oxidation sites excluding steroid dienone is 1. The lowest BCUT2D eigenvalue weighted by Gasteiger charge is -2.17. The van der Waals surface area contributed by atoms with Crippen LogP contribution in [0.15, 0.2) is 96.8 Å². The van der Waals surface area contributed by atoms with Crippen molar-refractivity contribution in [2.75, 3.05) is 0 Å². The van der Waals surface area contributed by atoms with Crippen LogP contribution in [0.4, 0.5) is 0 Å². The summed E-state index contributed by atoms with van der Waals surface area (Å²) in [6, 6.07) is 29.1.